The number of hydrogen-bond donors (Lipinski definition) is 2. The maximum atomic E-state index is 11.9. The van der Waals surface area contributed by atoms with E-state index in [1.165, 1.54) is 0 Å². The largest absolute Gasteiger partial charge is 0.332 e. The van der Waals surface area contributed by atoms with Gasteiger partial charge in [0.2, 0.25) is 0 Å². The van der Waals surface area contributed by atoms with Crippen LogP contribution in [0.15, 0.2) is 24.3 Å². The second-order valence-corrected chi connectivity index (χ2v) is 5.12. The molecular formula is C12H12N4OS2. The van der Waals surface area contributed by atoms with Crippen molar-refractivity contribution in [2.45, 2.75) is 13.8 Å². The number of anilines is 1. The minimum absolute atomic E-state index is 0.252. The van der Waals surface area contributed by atoms with E-state index in [4.69, 9.17) is 12.2 Å². The Kier molecular flexibility index (Phi) is 4.18. The van der Waals surface area contributed by atoms with Crippen molar-refractivity contribution >= 4 is 40.5 Å². The van der Waals surface area contributed by atoms with E-state index >= 15 is 0 Å². The van der Waals surface area contributed by atoms with E-state index in [1.807, 2.05) is 31.2 Å². The van der Waals surface area contributed by atoms with E-state index in [9.17, 15) is 4.79 Å². The lowest BCUT2D eigenvalue weighted by atomic mass is 10.2. The van der Waals surface area contributed by atoms with Crippen molar-refractivity contribution in [3.63, 3.8) is 0 Å². The Morgan fingerprint density at radius 1 is 1.26 bits per heavy atom. The van der Waals surface area contributed by atoms with Crippen molar-refractivity contribution in [1.29, 1.82) is 0 Å². The molecule has 2 rings (SSSR count). The second-order valence-electron chi connectivity index (χ2n) is 3.96. The number of rotatable bonds is 2. The smallest absolute Gasteiger partial charge is 0.271 e. The van der Waals surface area contributed by atoms with Crippen LogP contribution >= 0.6 is 23.8 Å². The second kappa shape index (κ2) is 5.85. The van der Waals surface area contributed by atoms with Gasteiger partial charge in [-0.25, -0.2) is 0 Å². The molecule has 1 amide bonds. The fourth-order valence-electron chi connectivity index (χ4n) is 1.40. The molecule has 0 aliphatic carbocycles. The van der Waals surface area contributed by atoms with E-state index < -0.39 is 0 Å². The molecule has 0 fully saturated rings. The first-order chi connectivity index (χ1) is 9.06. The van der Waals surface area contributed by atoms with Gasteiger partial charge in [0.1, 0.15) is 4.88 Å². The summed E-state index contributed by atoms with van der Waals surface area (Å²) in [6.07, 6.45) is 0. The molecule has 0 radical (unpaired) electrons. The summed E-state index contributed by atoms with van der Waals surface area (Å²) in [4.78, 5) is 12.3. The van der Waals surface area contributed by atoms with Gasteiger partial charge >= 0.3 is 0 Å². The van der Waals surface area contributed by atoms with Crippen LogP contribution in [0.2, 0.25) is 0 Å². The van der Waals surface area contributed by atoms with Gasteiger partial charge in [-0.15, -0.1) is 5.10 Å². The van der Waals surface area contributed by atoms with Gasteiger partial charge in [-0.2, -0.15) is 0 Å². The molecule has 0 saturated heterocycles. The predicted molar refractivity (Wildman–Crippen MR) is 79.5 cm³/mol. The van der Waals surface area contributed by atoms with E-state index in [0.29, 0.717) is 10.6 Å². The van der Waals surface area contributed by atoms with Gasteiger partial charge in [0.05, 0.1) is 5.69 Å². The predicted octanol–water partition coefficient (Wildman–Crippen LogP) is 2.28. The highest BCUT2D eigenvalue weighted by atomic mass is 32.1. The molecule has 0 aliphatic heterocycles. The van der Waals surface area contributed by atoms with E-state index in [1.54, 1.807) is 6.92 Å². The lowest BCUT2D eigenvalue weighted by Crippen LogP contribution is -2.34. The third-order valence-electron chi connectivity index (χ3n) is 2.39. The lowest BCUT2D eigenvalue weighted by molar-refractivity contribution is 0.0981. The zero-order valence-corrected chi connectivity index (χ0v) is 12.1. The third-order valence-corrected chi connectivity index (χ3v) is 3.43. The zero-order chi connectivity index (χ0) is 13.8. The SMILES string of the molecule is Cc1ccc(NC(=S)NC(=O)c2snnc2C)cc1. The molecular weight excluding hydrogens is 280 g/mol. The number of aromatic nitrogens is 2. The molecule has 19 heavy (non-hydrogen) atoms. The molecule has 1 aromatic carbocycles. The third kappa shape index (κ3) is 3.55. The van der Waals surface area contributed by atoms with Crippen LogP contribution in [-0.4, -0.2) is 20.6 Å². The molecule has 0 unspecified atom stereocenters. The monoisotopic (exact) mass is 292 g/mol. The summed E-state index contributed by atoms with van der Waals surface area (Å²) in [5.41, 5.74) is 2.59. The van der Waals surface area contributed by atoms with Crippen LogP contribution in [0.3, 0.4) is 0 Å². The van der Waals surface area contributed by atoms with Crippen LogP contribution in [0.25, 0.3) is 0 Å². The standard InChI is InChI=1S/C12H12N4OS2/c1-7-3-5-9(6-4-7)13-12(18)14-11(17)10-8(2)15-16-19-10/h3-6H,1-2H3,(H2,13,14,17,18). The molecule has 2 aromatic rings. The highest BCUT2D eigenvalue weighted by Crippen LogP contribution is 2.10. The number of benzene rings is 1. The average molecular weight is 292 g/mol. The summed E-state index contributed by atoms with van der Waals surface area (Å²) in [5, 5.41) is 9.58. The molecule has 0 atom stereocenters. The molecule has 2 N–H and O–H groups in total. The van der Waals surface area contributed by atoms with Crippen molar-refractivity contribution in [2.75, 3.05) is 5.32 Å². The van der Waals surface area contributed by atoms with Gasteiger partial charge in [0, 0.05) is 5.69 Å². The maximum Gasteiger partial charge on any atom is 0.271 e. The highest BCUT2D eigenvalue weighted by Gasteiger charge is 2.14. The maximum absolute atomic E-state index is 11.9. The van der Waals surface area contributed by atoms with Gasteiger partial charge in [0.25, 0.3) is 5.91 Å². The van der Waals surface area contributed by atoms with Gasteiger partial charge < -0.3 is 5.32 Å². The first-order valence-electron chi connectivity index (χ1n) is 5.54. The Morgan fingerprint density at radius 3 is 2.53 bits per heavy atom. The van der Waals surface area contributed by atoms with Crippen molar-refractivity contribution < 1.29 is 4.79 Å². The molecule has 0 spiro atoms. The van der Waals surface area contributed by atoms with Crippen molar-refractivity contribution in [3.8, 4) is 0 Å². The fourth-order valence-corrected chi connectivity index (χ4v) is 2.16. The summed E-state index contributed by atoms with van der Waals surface area (Å²) >= 11 is 6.13. The fraction of sp³-hybridized carbons (Fsp3) is 0.167. The van der Waals surface area contributed by atoms with Crippen molar-refractivity contribution in [1.82, 2.24) is 14.9 Å². The first kappa shape index (κ1) is 13.6. The van der Waals surface area contributed by atoms with Crippen LogP contribution in [-0.2, 0) is 0 Å². The summed E-state index contributed by atoms with van der Waals surface area (Å²) < 4.78 is 3.71. The van der Waals surface area contributed by atoms with Crippen LogP contribution in [0.5, 0.6) is 0 Å². The Bertz CT molecular complexity index is 606. The Morgan fingerprint density at radius 2 is 1.95 bits per heavy atom. The Balaban J connectivity index is 1.96. The summed E-state index contributed by atoms with van der Waals surface area (Å²) in [5.74, 6) is -0.294. The van der Waals surface area contributed by atoms with Gasteiger partial charge in [-0.3, -0.25) is 10.1 Å². The van der Waals surface area contributed by atoms with Gasteiger partial charge in [-0.1, -0.05) is 22.2 Å². The number of aryl methyl sites for hydroxylation is 2. The number of thiocarbonyl (C=S) groups is 1. The van der Waals surface area contributed by atoms with Gasteiger partial charge in [-0.05, 0) is 49.7 Å². The summed E-state index contributed by atoms with van der Waals surface area (Å²) in [6.45, 7) is 3.73. The molecule has 0 aliphatic rings. The zero-order valence-electron chi connectivity index (χ0n) is 10.4. The minimum Gasteiger partial charge on any atom is -0.332 e. The van der Waals surface area contributed by atoms with Crippen LogP contribution in [0.4, 0.5) is 5.69 Å². The van der Waals surface area contributed by atoms with Gasteiger partial charge in [0.15, 0.2) is 5.11 Å². The van der Waals surface area contributed by atoms with E-state index in [0.717, 1.165) is 22.8 Å². The molecule has 0 saturated carbocycles. The number of amides is 1. The topological polar surface area (TPSA) is 66.9 Å². The molecule has 98 valence electrons. The molecule has 0 bridgehead atoms. The van der Waals surface area contributed by atoms with E-state index in [-0.39, 0.29) is 11.0 Å². The molecule has 7 heteroatoms. The number of hydrogen-bond acceptors (Lipinski definition) is 5. The minimum atomic E-state index is -0.294. The van der Waals surface area contributed by atoms with Crippen LogP contribution in [0, 0.1) is 13.8 Å². The highest BCUT2D eigenvalue weighted by molar-refractivity contribution is 7.80. The van der Waals surface area contributed by atoms with Crippen molar-refractivity contribution in [2.24, 2.45) is 0 Å². The summed E-state index contributed by atoms with van der Waals surface area (Å²) in [6, 6.07) is 7.72. The summed E-state index contributed by atoms with van der Waals surface area (Å²) in [7, 11) is 0. The number of carbonyl (C=O) groups is 1. The van der Waals surface area contributed by atoms with E-state index in [2.05, 4.69) is 20.2 Å². The first-order valence-corrected chi connectivity index (χ1v) is 6.72. The van der Waals surface area contributed by atoms with Crippen molar-refractivity contribution in [3.05, 3.63) is 40.4 Å². The number of nitrogens with one attached hydrogen (secondary N) is 2. The van der Waals surface area contributed by atoms with Crippen LogP contribution in [0.1, 0.15) is 20.9 Å². The quantitative estimate of drug-likeness (QED) is 0.831. The van der Waals surface area contributed by atoms with Crippen LogP contribution < -0.4 is 10.6 Å². The number of carbonyl (C=O) groups excluding carboxylic acids is 1. The Hall–Kier alpha value is -1.86. The Labute approximate surface area is 120 Å². The average Bonchev–Trinajstić information content (AvgIpc) is 2.78. The molecule has 1 heterocycles. The normalized spacial score (nSPS) is 10.0. The lowest BCUT2D eigenvalue weighted by Gasteiger charge is -2.08. The molecule has 5 nitrogen and oxygen atoms in total. The number of nitrogens with zero attached hydrogens (tertiary/aromatic N) is 2. The molecule has 1 aromatic heterocycles.